The summed E-state index contributed by atoms with van der Waals surface area (Å²) in [5, 5.41) is 2.96. The van der Waals surface area contributed by atoms with Gasteiger partial charge in [-0.2, -0.15) is 0 Å². The summed E-state index contributed by atoms with van der Waals surface area (Å²) in [5.41, 5.74) is 1.71. The summed E-state index contributed by atoms with van der Waals surface area (Å²) in [6.45, 7) is 1.86. The van der Waals surface area contributed by atoms with E-state index in [1.165, 1.54) is 4.68 Å². The van der Waals surface area contributed by atoms with Crippen LogP contribution in [0.2, 0.25) is 0 Å². The molecule has 1 aromatic heterocycles. The molecule has 0 aliphatic rings. The molecule has 4 heteroatoms. The summed E-state index contributed by atoms with van der Waals surface area (Å²) >= 11 is 0. The topological polar surface area (TPSA) is 37.8 Å². The maximum atomic E-state index is 11.4. The number of hydrogen-bond acceptors (Lipinski definition) is 1. The molecule has 14 heavy (non-hydrogen) atoms. The molecule has 2 rings (SSSR count). The van der Waals surface area contributed by atoms with E-state index in [1.54, 1.807) is 6.07 Å². The molecule has 1 aromatic carbocycles. The maximum absolute atomic E-state index is 11.4. The number of hydrogen-bond donors (Lipinski definition) is 1. The van der Waals surface area contributed by atoms with Gasteiger partial charge in [0.05, 0.1) is 5.69 Å². The van der Waals surface area contributed by atoms with E-state index >= 15 is 0 Å². The minimum atomic E-state index is -0.0244. The molecular weight excluding hydrogens is 203 g/mol. The number of nitrogens with one attached hydrogen (secondary N) is 1. The molecule has 0 amide bonds. The zero-order chi connectivity index (χ0) is 9.26. The first kappa shape index (κ1) is 11.9. The third kappa shape index (κ3) is 2.46. The molecule has 0 aliphatic carbocycles. The number of rotatable bonds is 1. The Bertz CT molecular complexity index is 458. The summed E-state index contributed by atoms with van der Waals surface area (Å²) in [5.74, 6) is 0. The van der Waals surface area contributed by atoms with Crippen molar-refractivity contribution in [3.63, 3.8) is 0 Å². The van der Waals surface area contributed by atoms with Crippen molar-refractivity contribution in [1.82, 2.24) is 9.78 Å². The van der Waals surface area contributed by atoms with Gasteiger partial charge in [-0.3, -0.25) is 9.89 Å². The summed E-state index contributed by atoms with van der Waals surface area (Å²) in [6.07, 6.45) is 0. The van der Waals surface area contributed by atoms with Crippen LogP contribution in [-0.2, 0) is 0 Å². The van der Waals surface area contributed by atoms with Crippen molar-refractivity contribution in [3.8, 4) is 5.69 Å². The number of aromatic nitrogens is 2. The van der Waals surface area contributed by atoms with Gasteiger partial charge >= 0.3 is 0 Å². The van der Waals surface area contributed by atoms with Crippen LogP contribution < -0.4 is 5.56 Å². The first-order valence-electron chi connectivity index (χ1n) is 4.11. The normalized spacial score (nSPS) is 9.50. The second kappa shape index (κ2) is 5.09. The SMILES string of the molecule is Cc1cc(=O)n(-c2ccccc2)[nH]1.[K]. The van der Waals surface area contributed by atoms with Gasteiger partial charge in [-0.1, -0.05) is 18.2 Å². The number of benzene rings is 1. The third-order valence-corrected chi connectivity index (χ3v) is 1.86. The van der Waals surface area contributed by atoms with Crippen LogP contribution >= 0.6 is 0 Å². The van der Waals surface area contributed by atoms with Crippen LogP contribution in [-0.4, -0.2) is 61.2 Å². The van der Waals surface area contributed by atoms with Gasteiger partial charge < -0.3 is 0 Å². The quantitative estimate of drug-likeness (QED) is 0.708. The van der Waals surface area contributed by atoms with E-state index in [0.29, 0.717) is 0 Å². The Hall–Kier alpha value is -0.134. The largest absolute Gasteiger partial charge is 0.295 e. The fourth-order valence-corrected chi connectivity index (χ4v) is 1.28. The van der Waals surface area contributed by atoms with Gasteiger partial charge in [0, 0.05) is 63.1 Å². The van der Waals surface area contributed by atoms with Gasteiger partial charge in [-0.25, -0.2) is 4.68 Å². The van der Waals surface area contributed by atoms with Crippen LogP contribution in [0.1, 0.15) is 5.69 Å². The van der Waals surface area contributed by atoms with E-state index in [2.05, 4.69) is 5.10 Å². The van der Waals surface area contributed by atoms with Crippen molar-refractivity contribution in [3.05, 3.63) is 52.4 Å². The van der Waals surface area contributed by atoms with Crippen LogP contribution in [0, 0.1) is 6.92 Å². The zero-order valence-corrected chi connectivity index (χ0v) is 11.4. The third-order valence-electron chi connectivity index (χ3n) is 1.86. The Morgan fingerprint density at radius 3 is 2.36 bits per heavy atom. The van der Waals surface area contributed by atoms with Gasteiger partial charge in [0.25, 0.3) is 5.56 Å². The predicted octanol–water partition coefficient (Wildman–Crippen LogP) is 1.09. The van der Waals surface area contributed by atoms with E-state index in [9.17, 15) is 4.79 Å². The van der Waals surface area contributed by atoms with Crippen molar-refractivity contribution in [1.29, 1.82) is 0 Å². The van der Waals surface area contributed by atoms with Crippen molar-refractivity contribution in [2.45, 2.75) is 6.92 Å². The van der Waals surface area contributed by atoms with Crippen LogP contribution in [0.4, 0.5) is 0 Å². The van der Waals surface area contributed by atoms with Gasteiger partial charge in [0.15, 0.2) is 0 Å². The van der Waals surface area contributed by atoms with Crippen molar-refractivity contribution in [2.75, 3.05) is 0 Å². The summed E-state index contributed by atoms with van der Waals surface area (Å²) in [6, 6.07) is 11.1. The first-order valence-corrected chi connectivity index (χ1v) is 4.11. The van der Waals surface area contributed by atoms with E-state index in [0.717, 1.165) is 11.4 Å². The fraction of sp³-hybridized carbons (Fsp3) is 0.100. The fourth-order valence-electron chi connectivity index (χ4n) is 1.28. The summed E-state index contributed by atoms with van der Waals surface area (Å²) in [7, 11) is 0. The minimum absolute atomic E-state index is 0. The molecule has 1 N–H and O–H groups in total. The number of aromatic amines is 1. The molecule has 2 aromatic rings. The van der Waals surface area contributed by atoms with Gasteiger partial charge in [0.1, 0.15) is 0 Å². The van der Waals surface area contributed by atoms with E-state index < -0.39 is 0 Å². The molecule has 0 fully saturated rings. The van der Waals surface area contributed by atoms with Crippen LogP contribution in [0.15, 0.2) is 41.2 Å². The average molecular weight is 213 g/mol. The summed E-state index contributed by atoms with van der Waals surface area (Å²) in [4.78, 5) is 11.4. The second-order valence-electron chi connectivity index (χ2n) is 2.95. The Morgan fingerprint density at radius 1 is 1.21 bits per heavy atom. The molecule has 0 aliphatic heterocycles. The van der Waals surface area contributed by atoms with Gasteiger partial charge in [0.2, 0.25) is 0 Å². The molecule has 3 nitrogen and oxygen atoms in total. The Kier molecular flexibility index (Phi) is 4.34. The standard InChI is InChI=1S/C10H10N2O.K/c1-8-7-10(13)12(11-8)9-5-3-2-4-6-9;/h2-7,11H,1H3;. The average Bonchev–Trinajstić information content (AvgIpc) is 2.47. The summed E-state index contributed by atoms with van der Waals surface area (Å²) < 4.78 is 1.52. The van der Waals surface area contributed by atoms with E-state index in [4.69, 9.17) is 0 Å². The maximum Gasteiger partial charge on any atom is 0.271 e. The molecule has 0 spiro atoms. The molecule has 1 radical (unpaired) electrons. The minimum Gasteiger partial charge on any atom is -0.295 e. The Labute approximate surface area is 125 Å². The van der Waals surface area contributed by atoms with Gasteiger partial charge in [-0.15, -0.1) is 0 Å². The number of H-pyrrole nitrogens is 1. The molecule has 0 saturated carbocycles. The zero-order valence-electron chi connectivity index (χ0n) is 8.32. The van der Waals surface area contributed by atoms with Gasteiger partial charge in [-0.05, 0) is 19.1 Å². The van der Waals surface area contributed by atoms with Crippen molar-refractivity contribution >= 4 is 51.4 Å². The number of nitrogens with zero attached hydrogens (tertiary/aromatic N) is 1. The number of aryl methyl sites for hydroxylation is 1. The van der Waals surface area contributed by atoms with Crippen molar-refractivity contribution in [2.24, 2.45) is 0 Å². The van der Waals surface area contributed by atoms with Crippen LogP contribution in [0.25, 0.3) is 5.69 Å². The smallest absolute Gasteiger partial charge is 0.271 e. The first-order chi connectivity index (χ1) is 6.27. The van der Waals surface area contributed by atoms with E-state index in [-0.39, 0.29) is 56.9 Å². The predicted molar refractivity (Wildman–Crippen MR) is 56.9 cm³/mol. The van der Waals surface area contributed by atoms with Crippen molar-refractivity contribution < 1.29 is 0 Å². The second-order valence-corrected chi connectivity index (χ2v) is 2.95. The monoisotopic (exact) mass is 213 g/mol. The molecule has 0 saturated heterocycles. The molecule has 1 heterocycles. The molecular formula is C10H10KN2O. The Morgan fingerprint density at radius 2 is 1.86 bits per heavy atom. The van der Waals surface area contributed by atoms with Crippen LogP contribution in [0.3, 0.4) is 0 Å². The Balaban J connectivity index is 0.000000980. The molecule has 0 atom stereocenters. The molecule has 0 unspecified atom stereocenters. The molecule has 67 valence electrons. The van der Waals surface area contributed by atoms with E-state index in [1.807, 2.05) is 37.3 Å². The van der Waals surface area contributed by atoms with Crippen LogP contribution in [0.5, 0.6) is 0 Å². The number of para-hydroxylation sites is 1. The molecule has 0 bridgehead atoms.